The van der Waals surface area contributed by atoms with Crippen LogP contribution in [0.2, 0.25) is 0 Å². The molecule has 0 aliphatic rings. The number of nitrogens with two attached hydrogens (primary N) is 1. The highest BCUT2D eigenvalue weighted by Gasteiger charge is 2.03. The van der Waals surface area contributed by atoms with Gasteiger partial charge in [-0.3, -0.25) is 0 Å². The summed E-state index contributed by atoms with van der Waals surface area (Å²) in [5, 5.41) is 9.37. The van der Waals surface area contributed by atoms with E-state index < -0.39 is 0 Å². The SMILES string of the molecule is CCN(CC)C(N)=NCc1ccc(O)c(Br)c1.I. The van der Waals surface area contributed by atoms with Crippen LogP contribution in [0.1, 0.15) is 19.4 Å². The van der Waals surface area contributed by atoms with E-state index in [9.17, 15) is 5.11 Å². The number of aliphatic imine (C=N–C) groups is 1. The number of aromatic hydroxyl groups is 1. The topological polar surface area (TPSA) is 61.8 Å². The van der Waals surface area contributed by atoms with Gasteiger partial charge in [-0.2, -0.15) is 0 Å². The van der Waals surface area contributed by atoms with Crippen molar-refractivity contribution in [1.29, 1.82) is 0 Å². The van der Waals surface area contributed by atoms with Crippen LogP contribution in [0.3, 0.4) is 0 Å². The molecule has 18 heavy (non-hydrogen) atoms. The minimum Gasteiger partial charge on any atom is -0.507 e. The fourth-order valence-corrected chi connectivity index (χ4v) is 1.89. The molecule has 0 atom stereocenters. The van der Waals surface area contributed by atoms with E-state index >= 15 is 0 Å². The van der Waals surface area contributed by atoms with Gasteiger partial charge in [-0.15, -0.1) is 24.0 Å². The fourth-order valence-electron chi connectivity index (χ4n) is 1.47. The molecule has 102 valence electrons. The van der Waals surface area contributed by atoms with E-state index in [1.807, 2.05) is 30.9 Å². The summed E-state index contributed by atoms with van der Waals surface area (Å²) in [6.07, 6.45) is 0. The van der Waals surface area contributed by atoms with Crippen LogP contribution in [0.25, 0.3) is 0 Å². The highest BCUT2D eigenvalue weighted by Crippen LogP contribution is 2.24. The number of phenolic OH excluding ortho intramolecular Hbond substituents is 1. The van der Waals surface area contributed by atoms with E-state index in [0.29, 0.717) is 17.0 Å². The van der Waals surface area contributed by atoms with Gasteiger partial charge >= 0.3 is 0 Å². The number of phenols is 1. The molecule has 4 nitrogen and oxygen atoms in total. The van der Waals surface area contributed by atoms with Crippen molar-refractivity contribution in [3.8, 4) is 5.75 Å². The van der Waals surface area contributed by atoms with Gasteiger partial charge in [-0.05, 0) is 47.5 Å². The number of nitrogens with zero attached hydrogens (tertiary/aromatic N) is 2. The van der Waals surface area contributed by atoms with E-state index in [2.05, 4.69) is 20.9 Å². The Kier molecular flexibility index (Phi) is 8.34. The van der Waals surface area contributed by atoms with E-state index in [1.54, 1.807) is 6.07 Å². The van der Waals surface area contributed by atoms with Gasteiger partial charge in [0, 0.05) is 13.1 Å². The summed E-state index contributed by atoms with van der Waals surface area (Å²) < 4.78 is 0.673. The number of halogens is 2. The Morgan fingerprint density at radius 3 is 2.50 bits per heavy atom. The molecule has 0 bridgehead atoms. The van der Waals surface area contributed by atoms with Crippen LogP contribution in [0.5, 0.6) is 5.75 Å². The second kappa shape index (κ2) is 8.58. The second-order valence-corrected chi connectivity index (χ2v) is 4.49. The van der Waals surface area contributed by atoms with Crippen molar-refractivity contribution < 1.29 is 5.11 Å². The molecule has 1 aromatic carbocycles. The summed E-state index contributed by atoms with van der Waals surface area (Å²) in [6, 6.07) is 5.32. The average Bonchev–Trinajstić information content (AvgIpc) is 2.32. The van der Waals surface area contributed by atoms with Crippen LogP contribution in [-0.2, 0) is 6.54 Å². The van der Waals surface area contributed by atoms with E-state index in [4.69, 9.17) is 5.73 Å². The quantitative estimate of drug-likeness (QED) is 0.441. The fraction of sp³-hybridized carbons (Fsp3) is 0.417. The van der Waals surface area contributed by atoms with Gasteiger partial charge in [-0.25, -0.2) is 4.99 Å². The van der Waals surface area contributed by atoms with Crippen molar-refractivity contribution in [2.24, 2.45) is 10.7 Å². The van der Waals surface area contributed by atoms with Crippen LogP contribution in [0.15, 0.2) is 27.7 Å². The first-order valence-electron chi connectivity index (χ1n) is 5.60. The third kappa shape index (κ3) is 5.01. The maximum atomic E-state index is 9.37. The van der Waals surface area contributed by atoms with Gasteiger partial charge in [0.2, 0.25) is 0 Å². The predicted octanol–water partition coefficient (Wildman–Crippen LogP) is 2.93. The maximum Gasteiger partial charge on any atom is 0.191 e. The summed E-state index contributed by atoms with van der Waals surface area (Å²) in [7, 11) is 0. The average molecular weight is 428 g/mol. The number of hydrogen-bond acceptors (Lipinski definition) is 2. The van der Waals surface area contributed by atoms with Crippen molar-refractivity contribution in [2.75, 3.05) is 13.1 Å². The highest BCUT2D eigenvalue weighted by atomic mass is 127. The van der Waals surface area contributed by atoms with Crippen LogP contribution < -0.4 is 5.73 Å². The summed E-state index contributed by atoms with van der Waals surface area (Å²) in [4.78, 5) is 6.32. The minimum absolute atomic E-state index is 0. The maximum absolute atomic E-state index is 9.37. The molecular formula is C12H19BrIN3O. The second-order valence-electron chi connectivity index (χ2n) is 3.63. The Morgan fingerprint density at radius 2 is 2.00 bits per heavy atom. The Bertz CT molecular complexity index is 408. The monoisotopic (exact) mass is 427 g/mol. The van der Waals surface area contributed by atoms with Gasteiger partial charge < -0.3 is 15.7 Å². The predicted molar refractivity (Wildman–Crippen MR) is 89.5 cm³/mol. The van der Waals surface area contributed by atoms with Gasteiger partial charge in [0.1, 0.15) is 5.75 Å². The van der Waals surface area contributed by atoms with Crippen LogP contribution in [0.4, 0.5) is 0 Å². The molecule has 0 unspecified atom stereocenters. The molecule has 0 saturated carbocycles. The highest BCUT2D eigenvalue weighted by molar-refractivity contribution is 14.0. The smallest absolute Gasteiger partial charge is 0.191 e. The molecule has 1 aromatic rings. The minimum atomic E-state index is 0. The molecule has 0 fully saturated rings. The van der Waals surface area contributed by atoms with Crippen LogP contribution >= 0.6 is 39.9 Å². The summed E-state index contributed by atoms with van der Waals surface area (Å²) in [6.45, 7) is 6.31. The molecule has 0 spiro atoms. The Morgan fingerprint density at radius 1 is 1.39 bits per heavy atom. The summed E-state index contributed by atoms with van der Waals surface area (Å²) in [5.41, 5.74) is 6.87. The lowest BCUT2D eigenvalue weighted by atomic mass is 10.2. The van der Waals surface area contributed by atoms with Crippen molar-refractivity contribution in [1.82, 2.24) is 4.90 Å². The molecule has 0 heterocycles. The number of guanidine groups is 1. The Hall–Kier alpha value is -0.500. The molecule has 0 amide bonds. The molecule has 0 aliphatic carbocycles. The first kappa shape index (κ1) is 17.5. The molecule has 3 N–H and O–H groups in total. The molecule has 0 aromatic heterocycles. The van der Waals surface area contributed by atoms with Crippen LogP contribution in [-0.4, -0.2) is 29.1 Å². The zero-order valence-corrected chi connectivity index (χ0v) is 14.5. The largest absolute Gasteiger partial charge is 0.507 e. The molecule has 1 rings (SSSR count). The zero-order chi connectivity index (χ0) is 12.8. The standard InChI is InChI=1S/C12H18BrN3O.HI/c1-3-16(4-2)12(14)15-8-9-5-6-11(17)10(13)7-9;/h5-7,17H,3-4,8H2,1-2H3,(H2,14,15);1H. The summed E-state index contributed by atoms with van der Waals surface area (Å²) in [5.74, 6) is 0.786. The molecule has 6 heteroatoms. The number of hydrogen-bond donors (Lipinski definition) is 2. The first-order valence-corrected chi connectivity index (χ1v) is 6.40. The van der Waals surface area contributed by atoms with Crippen LogP contribution in [0, 0.1) is 0 Å². The molecular weight excluding hydrogens is 409 g/mol. The van der Waals surface area contributed by atoms with Crippen molar-refractivity contribution in [3.63, 3.8) is 0 Å². The third-order valence-electron chi connectivity index (χ3n) is 2.52. The van der Waals surface area contributed by atoms with Gasteiger partial charge in [0.05, 0.1) is 11.0 Å². The van der Waals surface area contributed by atoms with E-state index in [-0.39, 0.29) is 29.7 Å². The molecule has 0 aliphatic heterocycles. The third-order valence-corrected chi connectivity index (χ3v) is 3.16. The van der Waals surface area contributed by atoms with E-state index in [1.165, 1.54) is 0 Å². The summed E-state index contributed by atoms with van der Waals surface area (Å²) >= 11 is 3.27. The van der Waals surface area contributed by atoms with Gasteiger partial charge in [-0.1, -0.05) is 6.07 Å². The lowest BCUT2D eigenvalue weighted by molar-refractivity contribution is 0.458. The normalized spacial score (nSPS) is 10.9. The lowest BCUT2D eigenvalue weighted by Gasteiger charge is -2.19. The lowest BCUT2D eigenvalue weighted by Crippen LogP contribution is -2.37. The molecule has 0 saturated heterocycles. The van der Waals surface area contributed by atoms with Gasteiger partial charge in [0.15, 0.2) is 5.96 Å². The first-order chi connectivity index (χ1) is 8.08. The Balaban J connectivity index is 0.00000289. The number of benzene rings is 1. The van der Waals surface area contributed by atoms with Crippen molar-refractivity contribution >= 4 is 45.9 Å². The number of rotatable bonds is 4. The van der Waals surface area contributed by atoms with Crippen molar-refractivity contribution in [2.45, 2.75) is 20.4 Å². The van der Waals surface area contributed by atoms with E-state index in [0.717, 1.165) is 18.7 Å². The van der Waals surface area contributed by atoms with Crippen molar-refractivity contribution in [3.05, 3.63) is 28.2 Å². The molecule has 0 radical (unpaired) electrons. The van der Waals surface area contributed by atoms with Gasteiger partial charge in [0.25, 0.3) is 0 Å². The Labute approximate surface area is 133 Å². The zero-order valence-electron chi connectivity index (χ0n) is 10.6.